The predicted octanol–water partition coefficient (Wildman–Crippen LogP) is 4.04. The van der Waals surface area contributed by atoms with E-state index in [4.69, 9.17) is 0 Å². The minimum atomic E-state index is 0.339. The number of thiophene rings is 2. The Balaban J connectivity index is 1.37. The van der Waals surface area contributed by atoms with Crippen LogP contribution in [-0.4, -0.2) is 41.4 Å². The first-order valence-corrected chi connectivity index (χ1v) is 11.2. The van der Waals surface area contributed by atoms with Crippen LogP contribution in [0.5, 0.6) is 0 Å². The van der Waals surface area contributed by atoms with Gasteiger partial charge in [0.2, 0.25) is 5.91 Å². The molecule has 1 aliphatic carbocycles. The summed E-state index contributed by atoms with van der Waals surface area (Å²) in [5.74, 6) is 1.89. The van der Waals surface area contributed by atoms with Crippen LogP contribution in [0.2, 0.25) is 0 Å². The van der Waals surface area contributed by atoms with E-state index in [1.165, 1.54) is 10.4 Å². The highest BCUT2D eigenvalue weighted by molar-refractivity contribution is 7.09. The van der Waals surface area contributed by atoms with E-state index in [1.807, 2.05) is 11.3 Å². The summed E-state index contributed by atoms with van der Waals surface area (Å²) in [4.78, 5) is 19.2. The zero-order valence-corrected chi connectivity index (χ0v) is 16.0. The maximum atomic E-state index is 12.8. The molecule has 2 aliphatic heterocycles. The average Bonchev–Trinajstić information content (AvgIpc) is 3.03. The number of carbonyl (C=O) groups excluding carboxylic acids is 1. The van der Waals surface area contributed by atoms with Crippen LogP contribution in [0.25, 0.3) is 0 Å². The lowest BCUT2D eigenvalue weighted by Crippen LogP contribution is -2.47. The Morgan fingerprint density at radius 1 is 1.16 bits per heavy atom. The van der Waals surface area contributed by atoms with Gasteiger partial charge in [0.25, 0.3) is 0 Å². The zero-order chi connectivity index (χ0) is 16.8. The third kappa shape index (κ3) is 3.07. The molecule has 1 saturated carbocycles. The Labute approximate surface area is 157 Å². The first kappa shape index (κ1) is 16.0. The molecule has 3 atom stereocenters. The summed E-state index contributed by atoms with van der Waals surface area (Å²) in [5, 5.41) is 6.65. The quantitative estimate of drug-likeness (QED) is 0.809. The highest BCUT2D eigenvalue weighted by Gasteiger charge is 2.49. The first-order valence-electron chi connectivity index (χ1n) is 9.37. The van der Waals surface area contributed by atoms with Gasteiger partial charge < -0.3 is 4.90 Å². The van der Waals surface area contributed by atoms with Gasteiger partial charge in [-0.3, -0.25) is 9.69 Å². The van der Waals surface area contributed by atoms with E-state index in [9.17, 15) is 4.79 Å². The fourth-order valence-corrected chi connectivity index (χ4v) is 6.20. The molecule has 0 N–H and O–H groups in total. The Kier molecular flexibility index (Phi) is 4.19. The van der Waals surface area contributed by atoms with Crippen LogP contribution in [0.3, 0.4) is 0 Å². The largest absolute Gasteiger partial charge is 0.338 e. The van der Waals surface area contributed by atoms with Crippen molar-refractivity contribution in [1.82, 2.24) is 9.80 Å². The summed E-state index contributed by atoms with van der Waals surface area (Å²) < 4.78 is 0. The van der Waals surface area contributed by atoms with Gasteiger partial charge in [0.05, 0.1) is 0 Å². The van der Waals surface area contributed by atoms with E-state index in [2.05, 4.69) is 44.1 Å². The number of carbonyl (C=O) groups is 1. The van der Waals surface area contributed by atoms with Gasteiger partial charge in [-0.25, -0.2) is 0 Å². The predicted molar refractivity (Wildman–Crippen MR) is 103 cm³/mol. The fourth-order valence-electron chi connectivity index (χ4n) is 4.73. The lowest BCUT2D eigenvalue weighted by atomic mass is 9.82. The average molecular weight is 373 g/mol. The lowest BCUT2D eigenvalue weighted by molar-refractivity contribution is -0.134. The molecule has 0 bridgehead atoms. The zero-order valence-electron chi connectivity index (χ0n) is 14.3. The van der Waals surface area contributed by atoms with Crippen molar-refractivity contribution in [2.24, 2.45) is 11.8 Å². The Morgan fingerprint density at radius 3 is 2.80 bits per heavy atom. The van der Waals surface area contributed by atoms with Crippen molar-refractivity contribution >= 4 is 28.6 Å². The number of hydrogen-bond acceptors (Lipinski definition) is 4. The van der Waals surface area contributed by atoms with E-state index < -0.39 is 0 Å². The van der Waals surface area contributed by atoms with Crippen LogP contribution in [0.15, 0.2) is 34.3 Å². The molecule has 0 radical (unpaired) electrons. The van der Waals surface area contributed by atoms with Crippen molar-refractivity contribution in [2.45, 2.75) is 37.8 Å². The van der Waals surface area contributed by atoms with Crippen LogP contribution >= 0.6 is 22.7 Å². The lowest BCUT2D eigenvalue weighted by Gasteiger charge is -2.38. The molecular weight excluding hydrogens is 348 g/mol. The van der Waals surface area contributed by atoms with E-state index in [-0.39, 0.29) is 0 Å². The second kappa shape index (κ2) is 6.53. The van der Waals surface area contributed by atoms with Crippen molar-refractivity contribution in [1.29, 1.82) is 0 Å². The van der Waals surface area contributed by atoms with E-state index >= 15 is 0 Å². The summed E-state index contributed by atoms with van der Waals surface area (Å²) >= 11 is 3.64. The van der Waals surface area contributed by atoms with Crippen molar-refractivity contribution in [3.63, 3.8) is 0 Å². The van der Waals surface area contributed by atoms with E-state index in [1.54, 1.807) is 11.3 Å². The van der Waals surface area contributed by atoms with Crippen molar-refractivity contribution in [3.05, 3.63) is 44.8 Å². The molecule has 0 spiro atoms. The molecule has 2 aromatic rings. The van der Waals surface area contributed by atoms with Gasteiger partial charge in [0.1, 0.15) is 0 Å². The number of amides is 1. The molecule has 3 nitrogen and oxygen atoms in total. The van der Waals surface area contributed by atoms with Gasteiger partial charge in [0, 0.05) is 54.9 Å². The van der Waals surface area contributed by atoms with Crippen molar-refractivity contribution in [3.8, 4) is 0 Å². The molecule has 2 saturated heterocycles. The number of likely N-dealkylation sites (tertiary alicyclic amines) is 2. The second-order valence-corrected chi connectivity index (χ2v) is 9.57. The highest BCUT2D eigenvalue weighted by atomic mass is 32.1. The Morgan fingerprint density at radius 2 is 2.08 bits per heavy atom. The van der Waals surface area contributed by atoms with Crippen LogP contribution in [0.4, 0.5) is 0 Å². The van der Waals surface area contributed by atoms with Crippen LogP contribution in [0, 0.1) is 11.8 Å². The topological polar surface area (TPSA) is 23.6 Å². The third-order valence-corrected chi connectivity index (χ3v) is 7.72. The number of piperidine rings is 1. The summed E-state index contributed by atoms with van der Waals surface area (Å²) in [7, 11) is 0. The molecule has 132 valence electrons. The summed E-state index contributed by atoms with van der Waals surface area (Å²) in [5.41, 5.74) is 1.45. The molecule has 5 heteroatoms. The molecule has 1 amide bonds. The SMILES string of the molecule is O=C(C1CC1)N1C[C@H](c2ccsc2)[C@H]2CN(Cc3cccs3)CC[C@H]21. The van der Waals surface area contributed by atoms with Crippen LogP contribution in [-0.2, 0) is 11.3 Å². The summed E-state index contributed by atoms with van der Waals surface area (Å²) in [6, 6.07) is 7.12. The molecule has 25 heavy (non-hydrogen) atoms. The smallest absolute Gasteiger partial charge is 0.225 e. The minimum absolute atomic E-state index is 0.339. The number of rotatable bonds is 4. The Hall–Kier alpha value is -1.17. The van der Waals surface area contributed by atoms with Gasteiger partial charge in [-0.1, -0.05) is 6.07 Å². The normalized spacial score (nSPS) is 29.8. The van der Waals surface area contributed by atoms with Crippen LogP contribution in [0.1, 0.15) is 35.6 Å². The van der Waals surface area contributed by atoms with E-state index in [0.717, 1.165) is 45.4 Å². The molecular formula is C20H24N2OS2. The van der Waals surface area contributed by atoms with Gasteiger partial charge in [-0.2, -0.15) is 11.3 Å². The van der Waals surface area contributed by atoms with Gasteiger partial charge in [0.15, 0.2) is 0 Å². The second-order valence-electron chi connectivity index (χ2n) is 7.76. The molecule has 3 fully saturated rings. The molecule has 3 aliphatic rings. The van der Waals surface area contributed by atoms with Gasteiger partial charge in [-0.05, 0) is 53.1 Å². The maximum absolute atomic E-state index is 12.8. The maximum Gasteiger partial charge on any atom is 0.225 e. The molecule has 0 unspecified atom stereocenters. The van der Waals surface area contributed by atoms with Crippen molar-refractivity contribution in [2.75, 3.05) is 19.6 Å². The van der Waals surface area contributed by atoms with Crippen LogP contribution < -0.4 is 0 Å². The van der Waals surface area contributed by atoms with Gasteiger partial charge >= 0.3 is 0 Å². The first-order chi connectivity index (χ1) is 12.3. The monoisotopic (exact) mass is 372 g/mol. The molecule has 2 aromatic heterocycles. The number of nitrogens with zero attached hydrogens (tertiary/aromatic N) is 2. The third-order valence-electron chi connectivity index (χ3n) is 6.16. The van der Waals surface area contributed by atoms with E-state index in [0.29, 0.717) is 29.7 Å². The number of hydrogen-bond donors (Lipinski definition) is 0. The highest BCUT2D eigenvalue weighted by Crippen LogP contribution is 2.44. The fraction of sp³-hybridized carbons (Fsp3) is 0.550. The van der Waals surface area contributed by atoms with Crippen molar-refractivity contribution < 1.29 is 4.79 Å². The minimum Gasteiger partial charge on any atom is -0.338 e. The summed E-state index contributed by atoms with van der Waals surface area (Å²) in [6.45, 7) is 4.24. The molecule has 4 heterocycles. The number of fused-ring (bicyclic) bond motifs is 1. The summed E-state index contributed by atoms with van der Waals surface area (Å²) in [6.07, 6.45) is 3.36. The Bertz CT molecular complexity index is 723. The molecule has 5 rings (SSSR count). The van der Waals surface area contributed by atoms with Gasteiger partial charge in [-0.15, -0.1) is 11.3 Å². The standard InChI is InChI=1S/C20H24N2OS2/c23-20(14-3-4-14)22-12-17(15-6-9-24-13-15)18-11-21(7-5-19(18)22)10-16-2-1-8-25-16/h1-2,6,8-9,13-14,17-19H,3-5,7,10-12H2/t17-,18-,19-/m1/s1. The molecule has 0 aromatic carbocycles.